The van der Waals surface area contributed by atoms with E-state index in [2.05, 4.69) is 16.0 Å². The first kappa shape index (κ1) is 64.0. The van der Waals surface area contributed by atoms with Crippen molar-refractivity contribution in [3.05, 3.63) is 85.1 Å². The van der Waals surface area contributed by atoms with E-state index in [9.17, 15) is 58.5 Å². The first-order chi connectivity index (χ1) is 33.2. The van der Waals surface area contributed by atoms with E-state index < -0.39 is 162 Å². The molecule has 0 saturated carbocycles. The lowest BCUT2D eigenvalue weighted by Gasteiger charge is -2.44. The summed E-state index contributed by atoms with van der Waals surface area (Å²) in [5.74, 6) is -12.5. The standard InChI is InChI=1S/C36H24Cl3I9N6O18/c1-7(55)70-4-10(58)49-19-16(40)13(37)22(43)34(25(19)46,28(61)62)52-31(67)53(35(29(63)64)23(44)14(38)17(41)20(26(35)47)50-11(59)5-71-8(2)56)33(69)54(32(52)68)36(30(65)66)24(45)15(39)18(42)21(27(36)48)51-12(60)6-72-9(3)57/h22-24H,4-6H2,1-3H3,(H,49,58)(H,50,59)(H,51,60)(H,61,62)(H,63,64)(H,65,66). The fraction of sp³-hybridized carbons (Fsp3) is 0.333. The van der Waals surface area contributed by atoms with Gasteiger partial charge in [0.2, 0.25) is 16.6 Å². The molecule has 0 fully saturated rings. The maximum atomic E-state index is 15.9. The lowest BCUT2D eigenvalue weighted by molar-refractivity contribution is -0.146. The van der Waals surface area contributed by atoms with Crippen molar-refractivity contribution in [1.29, 1.82) is 0 Å². The Hall–Kier alpha value is -0.480. The van der Waals surface area contributed by atoms with Gasteiger partial charge < -0.3 is 45.5 Å². The zero-order valence-electron chi connectivity index (χ0n) is 35.2. The van der Waals surface area contributed by atoms with Crippen molar-refractivity contribution in [3.63, 3.8) is 0 Å². The summed E-state index contributed by atoms with van der Waals surface area (Å²) in [6.07, 6.45) is 0. The number of aromatic nitrogens is 3. The van der Waals surface area contributed by atoms with E-state index in [4.69, 9.17) is 49.0 Å². The van der Waals surface area contributed by atoms with E-state index in [1.54, 1.807) is 67.8 Å². The highest BCUT2D eigenvalue weighted by atomic mass is 127. The van der Waals surface area contributed by atoms with Gasteiger partial charge in [0.05, 0.1) is 50.3 Å². The van der Waals surface area contributed by atoms with Gasteiger partial charge in [-0.05, 0) is 136 Å². The van der Waals surface area contributed by atoms with Crippen LogP contribution in [0.4, 0.5) is 0 Å². The van der Waals surface area contributed by atoms with Crippen molar-refractivity contribution in [2.75, 3.05) is 19.8 Å². The predicted molar refractivity (Wildman–Crippen MR) is 328 cm³/mol. The smallest absolute Gasteiger partial charge is 0.339 e. The number of carboxylic acids is 3. The summed E-state index contributed by atoms with van der Waals surface area (Å²) in [5, 5.41) is 40.4. The highest BCUT2D eigenvalue weighted by Crippen LogP contribution is 2.54. The first-order valence-corrected chi connectivity index (χ1v) is 29.9. The van der Waals surface area contributed by atoms with Gasteiger partial charge >= 0.3 is 52.9 Å². The second-order valence-electron chi connectivity index (χ2n) is 14.2. The Morgan fingerprint density at radius 1 is 0.472 bits per heavy atom. The van der Waals surface area contributed by atoms with Crippen molar-refractivity contribution in [2.45, 2.75) is 49.2 Å². The largest absolute Gasteiger partial charge is 0.479 e. The summed E-state index contributed by atoms with van der Waals surface area (Å²) < 4.78 is 6.02. The molecule has 6 unspecified atom stereocenters. The third-order valence-corrected chi connectivity index (χ3v) is 25.2. The Kier molecular flexibility index (Phi) is 22.3. The molecule has 3 amide bonds. The molecular weight excluding hydrogens is 2050 g/mol. The number of esters is 3. The summed E-state index contributed by atoms with van der Waals surface area (Å²) >= 11 is 33.8. The molecule has 3 aliphatic carbocycles. The third-order valence-electron chi connectivity index (χ3n) is 9.91. The van der Waals surface area contributed by atoms with Gasteiger partial charge in [0, 0.05) is 35.9 Å². The van der Waals surface area contributed by atoms with Crippen molar-refractivity contribution in [3.8, 4) is 0 Å². The van der Waals surface area contributed by atoms with Crippen molar-refractivity contribution in [2.24, 2.45) is 0 Å². The second kappa shape index (κ2) is 25.1. The van der Waals surface area contributed by atoms with Crippen LogP contribution in [0.15, 0.2) is 68.1 Å². The van der Waals surface area contributed by atoms with Gasteiger partial charge in [-0.25, -0.2) is 42.5 Å². The molecule has 0 radical (unpaired) electrons. The predicted octanol–water partition coefficient (Wildman–Crippen LogP) is 4.60. The van der Waals surface area contributed by atoms with E-state index in [-0.39, 0.29) is 24.4 Å². The minimum Gasteiger partial charge on any atom is -0.479 e. The molecule has 3 aliphatic rings. The lowest BCUT2D eigenvalue weighted by atomic mass is 9.87. The van der Waals surface area contributed by atoms with Crippen LogP contribution in [0.3, 0.4) is 0 Å². The molecule has 0 aliphatic heterocycles. The molecule has 390 valence electrons. The molecular formula is C36H24Cl3I9N6O18. The second-order valence-corrected chi connectivity index (χ2v) is 25.6. The monoisotopic (exact) mass is 2080 g/mol. The van der Waals surface area contributed by atoms with Crippen LogP contribution in [-0.2, 0) is 74.0 Å². The van der Waals surface area contributed by atoms with Crippen molar-refractivity contribution in [1.82, 2.24) is 29.7 Å². The topological polar surface area (TPSA) is 344 Å². The molecule has 0 saturated heterocycles. The van der Waals surface area contributed by atoms with Crippen LogP contribution in [0, 0.1) is 0 Å². The molecule has 0 aromatic carbocycles. The maximum Gasteiger partial charge on any atom is 0.339 e. The van der Waals surface area contributed by atoms with Gasteiger partial charge in [-0.15, -0.1) is 0 Å². The van der Waals surface area contributed by atoms with Crippen LogP contribution in [-0.4, -0.2) is 114 Å². The number of halogens is 12. The van der Waals surface area contributed by atoms with E-state index >= 15 is 14.4 Å². The van der Waals surface area contributed by atoms with E-state index in [0.717, 1.165) is 20.8 Å². The molecule has 1 heterocycles. The quantitative estimate of drug-likeness (QED) is 0.0605. The Bertz CT molecular complexity index is 2740. The summed E-state index contributed by atoms with van der Waals surface area (Å²) in [5.41, 5.74) is -17.8. The fourth-order valence-electron chi connectivity index (χ4n) is 6.77. The lowest BCUT2D eigenvalue weighted by Crippen LogP contribution is -2.74. The Morgan fingerprint density at radius 3 is 0.833 bits per heavy atom. The van der Waals surface area contributed by atoms with Gasteiger partial charge in [0.25, 0.3) is 17.7 Å². The van der Waals surface area contributed by atoms with E-state index in [1.165, 1.54) is 136 Å². The highest BCUT2D eigenvalue weighted by molar-refractivity contribution is 14.1. The molecule has 4 rings (SSSR count). The molecule has 6 atom stereocenters. The van der Waals surface area contributed by atoms with Crippen LogP contribution in [0.5, 0.6) is 0 Å². The average Bonchev–Trinajstić information content (AvgIpc) is 3.29. The normalized spacial score (nSPS) is 24.5. The molecule has 1 aromatic heterocycles. The summed E-state index contributed by atoms with van der Waals surface area (Å²) in [6, 6.07) is 0. The van der Waals surface area contributed by atoms with Crippen LogP contribution in [0.1, 0.15) is 20.8 Å². The number of rotatable bonds is 15. The number of hydrogen-bond donors (Lipinski definition) is 6. The number of aliphatic carboxylic acids is 3. The number of alkyl halides is 3. The molecule has 36 heteroatoms. The number of hydrogen-bond acceptors (Lipinski definition) is 15. The minimum atomic E-state index is -3.33. The number of nitrogens with one attached hydrogen (secondary N) is 3. The number of carbonyl (C=O) groups is 9. The van der Waals surface area contributed by atoms with Gasteiger partial charge in [0.15, 0.2) is 19.8 Å². The fourth-order valence-corrected chi connectivity index (χ4v) is 21.9. The van der Waals surface area contributed by atoms with Crippen LogP contribution in [0.2, 0.25) is 0 Å². The van der Waals surface area contributed by atoms with Gasteiger partial charge in [-0.3, -0.25) is 28.8 Å². The van der Waals surface area contributed by atoms with Crippen molar-refractivity contribution >= 4 is 292 Å². The summed E-state index contributed by atoms with van der Waals surface area (Å²) in [7, 11) is 0. The zero-order chi connectivity index (χ0) is 55.2. The number of ether oxygens (including phenoxy) is 3. The zero-order valence-corrected chi connectivity index (χ0v) is 56.9. The van der Waals surface area contributed by atoms with E-state index in [0.29, 0.717) is 0 Å². The number of carboxylic acid groups (broad SMARTS) is 3. The molecule has 24 nitrogen and oxygen atoms in total. The number of amides is 3. The number of allylic oxidation sites excluding steroid dienone is 6. The van der Waals surface area contributed by atoms with Gasteiger partial charge in [-0.2, -0.15) is 0 Å². The molecule has 0 bridgehead atoms. The first-order valence-electron chi connectivity index (χ1n) is 18.5. The highest BCUT2D eigenvalue weighted by Gasteiger charge is 2.64. The molecule has 1 aromatic rings. The summed E-state index contributed by atoms with van der Waals surface area (Å²) in [4.78, 5) is 166. The molecule has 72 heavy (non-hydrogen) atoms. The van der Waals surface area contributed by atoms with Gasteiger partial charge in [0.1, 0.15) is 0 Å². The summed E-state index contributed by atoms with van der Waals surface area (Å²) in [6.45, 7) is 0.0670. The van der Waals surface area contributed by atoms with Gasteiger partial charge in [-0.1, -0.05) is 103 Å². The van der Waals surface area contributed by atoms with Crippen molar-refractivity contribution < 1.29 is 72.7 Å². The van der Waals surface area contributed by atoms with Crippen LogP contribution >= 0.6 is 238 Å². The van der Waals surface area contributed by atoms with Crippen LogP contribution < -0.4 is 33.0 Å². The Balaban J connectivity index is 2.50. The average molecular weight is 2080 g/mol. The molecule has 6 N–H and O–H groups in total. The SMILES string of the molecule is CC(=O)OCC(=O)NC1=C(I)C(C(=O)O)(n2c(=O)n(C3(C(=O)O)C(I)=C(NC(=O)COC(C)=O)C(I)=C(Cl)C3I)c(=O)n(C3(C(=O)O)C(I)=C(NC(=O)COC(C)=O)C(I)=C(Cl)C3I)c2=O)C(I)C(Cl)=C1I. The Morgan fingerprint density at radius 2 is 0.667 bits per heavy atom. The minimum absolute atomic E-state index is 0.104. The molecule has 0 spiro atoms. The Labute approximate surface area is 539 Å². The van der Waals surface area contributed by atoms with E-state index in [1.807, 2.05) is 0 Å². The number of nitrogens with zero attached hydrogens (tertiary/aromatic N) is 3. The maximum absolute atomic E-state index is 15.9. The third kappa shape index (κ3) is 11.2. The number of carbonyl (C=O) groups excluding carboxylic acids is 6. The van der Waals surface area contributed by atoms with Crippen LogP contribution in [0.25, 0.3) is 0 Å².